The van der Waals surface area contributed by atoms with E-state index in [0.29, 0.717) is 23.4 Å². The molecule has 148 valence electrons. The fourth-order valence-electron chi connectivity index (χ4n) is 4.57. The number of hydrogen-bond donors (Lipinski definition) is 1. The molecule has 2 aliphatic rings. The highest BCUT2D eigenvalue weighted by Crippen LogP contribution is 2.41. The van der Waals surface area contributed by atoms with Crippen LogP contribution in [0, 0.1) is 12.7 Å². The van der Waals surface area contributed by atoms with Gasteiger partial charge < -0.3 is 15.1 Å². The first-order valence-electron chi connectivity index (χ1n) is 9.82. The Morgan fingerprint density at radius 2 is 2.14 bits per heavy atom. The van der Waals surface area contributed by atoms with Crippen molar-refractivity contribution in [1.82, 2.24) is 10.3 Å². The molecule has 1 fully saturated rings. The number of nitrogens with one attached hydrogen (secondary N) is 1. The van der Waals surface area contributed by atoms with Crippen LogP contribution in [0.4, 0.5) is 15.8 Å². The van der Waals surface area contributed by atoms with Crippen molar-refractivity contribution in [3.8, 4) is 0 Å². The quantitative estimate of drug-likeness (QED) is 0.734. The number of fused-ring (bicyclic) bond motifs is 1. The minimum atomic E-state index is -0.233. The van der Waals surface area contributed by atoms with Crippen LogP contribution in [0.15, 0.2) is 42.9 Å². The summed E-state index contributed by atoms with van der Waals surface area (Å²) in [6.07, 6.45) is 6.21. The van der Waals surface area contributed by atoms with Gasteiger partial charge in [-0.2, -0.15) is 0 Å². The number of para-hydroxylation sites is 1. The predicted octanol–water partition coefficient (Wildman–Crippen LogP) is 5.01. The van der Waals surface area contributed by atoms with Crippen molar-refractivity contribution in [2.75, 3.05) is 16.8 Å². The maximum absolute atomic E-state index is 14.8. The Labute approximate surface area is 171 Å². The van der Waals surface area contributed by atoms with Gasteiger partial charge in [0.25, 0.3) is 0 Å². The second-order valence-electron chi connectivity index (χ2n) is 7.72. The van der Waals surface area contributed by atoms with Crippen molar-refractivity contribution < 1.29 is 4.39 Å². The van der Waals surface area contributed by atoms with Crippen molar-refractivity contribution >= 4 is 23.0 Å². The van der Waals surface area contributed by atoms with Crippen molar-refractivity contribution in [2.45, 2.75) is 51.2 Å². The van der Waals surface area contributed by atoms with Gasteiger partial charge in [0.15, 0.2) is 0 Å². The van der Waals surface area contributed by atoms with E-state index in [2.05, 4.69) is 21.8 Å². The lowest BCUT2D eigenvalue weighted by Crippen LogP contribution is -2.49. The summed E-state index contributed by atoms with van der Waals surface area (Å²) in [7, 11) is 2.02. The normalized spacial score (nSPS) is 22.4. The van der Waals surface area contributed by atoms with Gasteiger partial charge in [-0.1, -0.05) is 30.3 Å². The molecule has 1 aromatic heterocycles. The highest BCUT2D eigenvalue weighted by atomic mass is 35.5. The highest BCUT2D eigenvalue weighted by molar-refractivity contribution is 6.29. The maximum Gasteiger partial charge on any atom is 0.147 e. The van der Waals surface area contributed by atoms with E-state index in [4.69, 9.17) is 11.6 Å². The second-order valence-corrected chi connectivity index (χ2v) is 8.11. The molecule has 0 amide bonds. The Morgan fingerprint density at radius 1 is 1.32 bits per heavy atom. The van der Waals surface area contributed by atoms with Crippen LogP contribution in [0.1, 0.15) is 36.8 Å². The van der Waals surface area contributed by atoms with Gasteiger partial charge in [0, 0.05) is 23.8 Å². The largest absolute Gasteiger partial charge is 0.325 e. The highest BCUT2D eigenvalue weighted by Gasteiger charge is 2.35. The van der Waals surface area contributed by atoms with Crippen LogP contribution >= 0.6 is 11.6 Å². The first-order chi connectivity index (χ1) is 13.5. The van der Waals surface area contributed by atoms with Crippen molar-refractivity contribution in [1.29, 1.82) is 0 Å². The molecule has 1 N–H and O–H groups in total. The monoisotopic (exact) mass is 400 g/mol. The fourth-order valence-corrected chi connectivity index (χ4v) is 4.72. The number of halogens is 2. The van der Waals surface area contributed by atoms with Crippen LogP contribution in [0.2, 0.25) is 5.15 Å². The molecule has 28 heavy (non-hydrogen) atoms. The number of benzene rings is 1. The van der Waals surface area contributed by atoms with E-state index in [1.54, 1.807) is 12.3 Å². The predicted molar refractivity (Wildman–Crippen MR) is 113 cm³/mol. The van der Waals surface area contributed by atoms with Crippen molar-refractivity contribution in [3.63, 3.8) is 0 Å². The molecule has 6 heteroatoms. The molecule has 4 rings (SSSR count). The van der Waals surface area contributed by atoms with E-state index in [-0.39, 0.29) is 11.9 Å². The van der Waals surface area contributed by atoms with Crippen LogP contribution in [-0.2, 0) is 6.54 Å². The second kappa shape index (κ2) is 7.72. The minimum Gasteiger partial charge on any atom is -0.325 e. The van der Waals surface area contributed by atoms with E-state index in [1.165, 1.54) is 12.5 Å². The molecule has 2 atom stereocenters. The molecule has 1 aliphatic carbocycles. The van der Waals surface area contributed by atoms with E-state index in [1.807, 2.05) is 31.0 Å². The smallest absolute Gasteiger partial charge is 0.147 e. The zero-order valence-corrected chi connectivity index (χ0v) is 17.1. The summed E-state index contributed by atoms with van der Waals surface area (Å²) in [5.74, 6) is 0.563. The van der Waals surface area contributed by atoms with Crippen LogP contribution in [-0.4, -0.2) is 24.1 Å². The van der Waals surface area contributed by atoms with Gasteiger partial charge in [0.05, 0.1) is 17.9 Å². The summed E-state index contributed by atoms with van der Waals surface area (Å²) in [5, 5.41) is 3.88. The molecule has 2 unspecified atom stereocenters. The number of aromatic nitrogens is 1. The van der Waals surface area contributed by atoms with Crippen LogP contribution in [0.25, 0.3) is 0 Å². The average molecular weight is 401 g/mol. The third kappa shape index (κ3) is 3.38. The number of rotatable bonds is 3. The third-order valence-electron chi connectivity index (χ3n) is 5.98. The van der Waals surface area contributed by atoms with Gasteiger partial charge in [-0.15, -0.1) is 0 Å². The molecule has 4 nitrogen and oxygen atoms in total. The summed E-state index contributed by atoms with van der Waals surface area (Å²) in [6, 6.07) is 7.85. The Kier molecular flexibility index (Phi) is 5.30. The van der Waals surface area contributed by atoms with E-state index in [0.717, 1.165) is 41.9 Å². The number of anilines is 2. The van der Waals surface area contributed by atoms with Gasteiger partial charge >= 0.3 is 0 Å². The Bertz CT molecular complexity index is 880. The summed E-state index contributed by atoms with van der Waals surface area (Å²) in [4.78, 5) is 8.51. The third-order valence-corrected chi connectivity index (χ3v) is 6.19. The lowest BCUT2D eigenvalue weighted by atomic mass is 9.89. The van der Waals surface area contributed by atoms with Crippen molar-refractivity contribution in [3.05, 3.63) is 65.0 Å². The molecule has 2 aromatic rings. The van der Waals surface area contributed by atoms with Crippen molar-refractivity contribution in [2.24, 2.45) is 0 Å². The number of nitrogens with zero attached hydrogens (tertiary/aromatic N) is 3. The number of hydrogen-bond acceptors (Lipinski definition) is 4. The molecule has 0 spiro atoms. The van der Waals surface area contributed by atoms with Crippen LogP contribution in [0.5, 0.6) is 0 Å². The fraction of sp³-hybridized carbons (Fsp3) is 0.409. The van der Waals surface area contributed by atoms with Gasteiger partial charge in [0.2, 0.25) is 0 Å². The Hall–Kier alpha value is -2.11. The first-order valence-corrected chi connectivity index (χ1v) is 10.2. The van der Waals surface area contributed by atoms with E-state index >= 15 is 0 Å². The maximum atomic E-state index is 14.8. The SMILES string of the molecule is C=C1N(c2c(C)cccc2F)Cc2cnc(Cl)cc2N1C1CCCC(NC)C1. The van der Waals surface area contributed by atoms with Crippen LogP contribution < -0.4 is 15.1 Å². The Balaban J connectivity index is 1.79. The Morgan fingerprint density at radius 3 is 2.89 bits per heavy atom. The number of aryl methyl sites for hydroxylation is 1. The summed E-state index contributed by atoms with van der Waals surface area (Å²) in [5.41, 5.74) is 3.55. The lowest BCUT2D eigenvalue weighted by Gasteiger charge is -2.47. The molecule has 0 radical (unpaired) electrons. The van der Waals surface area contributed by atoms with Gasteiger partial charge in [-0.05, 0) is 57.4 Å². The van der Waals surface area contributed by atoms with Gasteiger partial charge in [-0.25, -0.2) is 9.37 Å². The van der Waals surface area contributed by atoms with Gasteiger partial charge in [-0.3, -0.25) is 0 Å². The summed E-state index contributed by atoms with van der Waals surface area (Å²) < 4.78 is 14.8. The zero-order valence-electron chi connectivity index (χ0n) is 16.4. The molecular weight excluding hydrogens is 375 g/mol. The van der Waals surface area contributed by atoms with E-state index in [9.17, 15) is 4.39 Å². The van der Waals surface area contributed by atoms with E-state index < -0.39 is 0 Å². The summed E-state index contributed by atoms with van der Waals surface area (Å²) >= 11 is 6.24. The zero-order chi connectivity index (χ0) is 19.8. The van der Waals surface area contributed by atoms with Crippen LogP contribution in [0.3, 0.4) is 0 Å². The van der Waals surface area contributed by atoms with Gasteiger partial charge in [0.1, 0.15) is 16.8 Å². The minimum absolute atomic E-state index is 0.233. The molecule has 1 saturated carbocycles. The average Bonchev–Trinajstić information content (AvgIpc) is 2.68. The molecule has 0 saturated heterocycles. The standard InChI is InChI=1S/C22H26ClFN4/c1-14-6-4-9-19(24)22(14)27-13-16-12-26-21(23)11-20(16)28(15(27)2)18-8-5-7-17(10-18)25-3/h4,6,9,11-12,17-18,25H,2,5,7-8,10,13H2,1,3H3. The topological polar surface area (TPSA) is 31.4 Å². The molecule has 0 bridgehead atoms. The molecule has 1 aliphatic heterocycles. The molecule has 2 heterocycles. The first kappa shape index (κ1) is 19.2. The molecule has 1 aromatic carbocycles. The molecular formula is C22H26ClFN4. The lowest BCUT2D eigenvalue weighted by molar-refractivity contribution is 0.346. The number of pyridine rings is 1. The summed E-state index contributed by atoms with van der Waals surface area (Å²) in [6.45, 7) is 6.85.